The van der Waals surface area contributed by atoms with Crippen LogP contribution in [0.3, 0.4) is 0 Å². The molecule has 0 atom stereocenters. The lowest BCUT2D eigenvalue weighted by Crippen LogP contribution is -1.92. The van der Waals surface area contributed by atoms with Crippen molar-refractivity contribution >= 4 is 11.3 Å². The van der Waals surface area contributed by atoms with Gasteiger partial charge in [0, 0.05) is 22.7 Å². The first-order chi connectivity index (χ1) is 9.63. The minimum Gasteiger partial charge on any atom is -0.359 e. The highest BCUT2D eigenvalue weighted by molar-refractivity contribution is 5.99. The molecule has 0 radical (unpaired) electrons. The highest BCUT2D eigenvalue weighted by Gasteiger charge is 2.14. The monoisotopic (exact) mass is 262 g/mol. The summed E-state index contributed by atoms with van der Waals surface area (Å²) in [6.07, 6.45) is 4.14. The Labute approximate surface area is 119 Å². The number of H-pyrrole nitrogens is 1. The van der Waals surface area contributed by atoms with Crippen molar-refractivity contribution in [1.29, 1.82) is 0 Å². The predicted octanol–water partition coefficient (Wildman–Crippen LogP) is 4.42. The number of rotatable bonds is 2. The average Bonchev–Trinajstić information content (AvgIpc) is 3.02. The molecule has 20 heavy (non-hydrogen) atoms. The number of hydrogen-bond donors (Lipinski definition) is 1. The van der Waals surface area contributed by atoms with E-state index in [0.29, 0.717) is 0 Å². The molecule has 3 rings (SSSR count). The van der Waals surface area contributed by atoms with Crippen LogP contribution in [0.5, 0.6) is 0 Å². The number of nitrogens with one attached hydrogen (secondary N) is 1. The first-order valence-corrected chi connectivity index (χ1v) is 6.84. The Morgan fingerprint density at radius 2 is 1.65 bits per heavy atom. The fraction of sp³-hybridized carbons (Fsp3) is 0.167. The van der Waals surface area contributed by atoms with E-state index >= 15 is 0 Å². The summed E-state index contributed by atoms with van der Waals surface area (Å²) in [4.78, 5) is 8.06. The summed E-state index contributed by atoms with van der Waals surface area (Å²) >= 11 is 0. The summed E-state index contributed by atoms with van der Waals surface area (Å²) in [5.74, 6) is 0. The van der Waals surface area contributed by atoms with Crippen molar-refractivity contribution in [3.63, 3.8) is 0 Å². The zero-order valence-corrected chi connectivity index (χ0v) is 12.1. The minimum absolute atomic E-state index is 1.02. The lowest BCUT2D eigenvalue weighted by atomic mass is 9.99. The second-order valence-corrected chi connectivity index (χ2v) is 5.27. The highest BCUT2D eigenvalue weighted by atomic mass is 14.8. The number of hydrogen-bond acceptors (Lipinski definition) is 1. The van der Waals surface area contributed by atoms with Gasteiger partial charge in [-0.1, -0.05) is 29.8 Å². The largest absolute Gasteiger partial charge is 0.359 e. The van der Waals surface area contributed by atoms with E-state index in [1.807, 2.05) is 6.92 Å². The molecular formula is C18H18N2. The van der Waals surface area contributed by atoms with Gasteiger partial charge in [0.05, 0.1) is 5.70 Å². The third-order valence-electron chi connectivity index (χ3n) is 3.48. The van der Waals surface area contributed by atoms with Gasteiger partial charge in [-0.25, -0.2) is 0 Å². The van der Waals surface area contributed by atoms with Crippen molar-refractivity contribution in [1.82, 2.24) is 4.98 Å². The lowest BCUT2D eigenvalue weighted by molar-refractivity contribution is 1.23. The van der Waals surface area contributed by atoms with Crippen molar-refractivity contribution in [2.75, 3.05) is 0 Å². The van der Waals surface area contributed by atoms with Crippen LogP contribution in [0.15, 0.2) is 59.2 Å². The van der Waals surface area contributed by atoms with Crippen molar-refractivity contribution in [2.24, 2.45) is 4.99 Å². The maximum absolute atomic E-state index is 4.64. The van der Waals surface area contributed by atoms with E-state index in [0.717, 1.165) is 28.4 Å². The van der Waals surface area contributed by atoms with Gasteiger partial charge in [0.25, 0.3) is 0 Å². The van der Waals surface area contributed by atoms with Gasteiger partial charge in [0.1, 0.15) is 0 Å². The van der Waals surface area contributed by atoms with Gasteiger partial charge in [0.2, 0.25) is 0 Å². The zero-order valence-electron chi connectivity index (χ0n) is 12.1. The van der Waals surface area contributed by atoms with E-state index in [9.17, 15) is 0 Å². The number of aromatic amines is 1. The number of aryl methyl sites for hydroxylation is 2. The van der Waals surface area contributed by atoms with E-state index in [1.165, 1.54) is 11.1 Å². The van der Waals surface area contributed by atoms with E-state index in [-0.39, 0.29) is 0 Å². The molecule has 0 saturated heterocycles. The fourth-order valence-electron chi connectivity index (χ4n) is 2.41. The maximum Gasteiger partial charge on any atom is 0.0732 e. The molecule has 0 saturated carbocycles. The second kappa shape index (κ2) is 4.97. The van der Waals surface area contributed by atoms with Gasteiger partial charge in [-0.3, -0.25) is 4.99 Å². The molecule has 1 aromatic heterocycles. The first-order valence-electron chi connectivity index (χ1n) is 6.84. The number of benzene rings is 1. The first kappa shape index (κ1) is 12.7. The summed E-state index contributed by atoms with van der Waals surface area (Å²) in [7, 11) is 0. The van der Waals surface area contributed by atoms with Crippen LogP contribution in [0.25, 0.3) is 5.57 Å². The summed E-state index contributed by atoms with van der Waals surface area (Å²) in [5, 5.41) is 0. The topological polar surface area (TPSA) is 28.1 Å². The molecule has 1 aromatic carbocycles. The summed E-state index contributed by atoms with van der Waals surface area (Å²) in [6.45, 7) is 6.20. The van der Waals surface area contributed by atoms with Crippen molar-refractivity contribution in [2.45, 2.75) is 20.8 Å². The third kappa shape index (κ3) is 2.37. The Morgan fingerprint density at radius 3 is 2.20 bits per heavy atom. The Bertz CT molecular complexity index is 725. The molecule has 2 heterocycles. The van der Waals surface area contributed by atoms with Crippen LogP contribution in [0, 0.1) is 13.8 Å². The van der Waals surface area contributed by atoms with Gasteiger partial charge >= 0.3 is 0 Å². The third-order valence-corrected chi connectivity index (χ3v) is 3.48. The van der Waals surface area contributed by atoms with E-state index in [2.05, 4.69) is 72.4 Å². The molecule has 1 aliphatic heterocycles. The minimum atomic E-state index is 1.02. The predicted molar refractivity (Wildman–Crippen MR) is 85.0 cm³/mol. The number of allylic oxidation sites excluding steroid dienone is 2. The average molecular weight is 262 g/mol. The van der Waals surface area contributed by atoms with Crippen LogP contribution in [0.2, 0.25) is 0 Å². The van der Waals surface area contributed by atoms with E-state index in [4.69, 9.17) is 0 Å². The van der Waals surface area contributed by atoms with Crippen LogP contribution in [0.4, 0.5) is 0 Å². The van der Waals surface area contributed by atoms with Gasteiger partial charge in [-0.15, -0.1) is 0 Å². The van der Waals surface area contributed by atoms with E-state index in [1.54, 1.807) is 0 Å². The lowest BCUT2D eigenvalue weighted by Gasteiger charge is -2.09. The van der Waals surface area contributed by atoms with Crippen LogP contribution in [-0.2, 0) is 0 Å². The molecule has 100 valence electrons. The van der Waals surface area contributed by atoms with Crippen molar-refractivity contribution in [3.8, 4) is 0 Å². The normalized spacial score (nSPS) is 16.4. The van der Waals surface area contributed by atoms with Gasteiger partial charge in [-0.05, 0) is 50.6 Å². The maximum atomic E-state index is 4.64. The van der Waals surface area contributed by atoms with Crippen molar-refractivity contribution in [3.05, 3.63) is 76.8 Å². The fourth-order valence-corrected chi connectivity index (χ4v) is 2.41. The number of aliphatic imine (C=N–C) groups is 1. The quantitative estimate of drug-likeness (QED) is 0.829. The number of nitrogens with zero attached hydrogens (tertiary/aromatic N) is 1. The number of aromatic nitrogens is 1. The van der Waals surface area contributed by atoms with Crippen LogP contribution >= 0.6 is 0 Å². The van der Waals surface area contributed by atoms with Gasteiger partial charge < -0.3 is 4.98 Å². The molecule has 2 heteroatoms. The molecule has 0 fully saturated rings. The smallest absolute Gasteiger partial charge is 0.0732 e. The zero-order chi connectivity index (χ0) is 14.1. The Kier molecular flexibility index (Phi) is 3.15. The van der Waals surface area contributed by atoms with Crippen LogP contribution in [-0.4, -0.2) is 10.7 Å². The summed E-state index contributed by atoms with van der Waals surface area (Å²) < 4.78 is 0. The molecule has 1 N–H and O–H groups in total. The molecular weight excluding hydrogens is 244 g/mol. The Hall–Kier alpha value is -2.35. The Morgan fingerprint density at radius 1 is 0.900 bits per heavy atom. The molecule has 2 aromatic rings. The Balaban J connectivity index is 2.19. The molecule has 2 nitrogen and oxygen atoms in total. The van der Waals surface area contributed by atoms with Gasteiger partial charge in [-0.2, -0.15) is 0 Å². The van der Waals surface area contributed by atoms with E-state index < -0.39 is 0 Å². The molecule has 0 amide bonds. The van der Waals surface area contributed by atoms with Crippen LogP contribution < -0.4 is 0 Å². The van der Waals surface area contributed by atoms with Crippen molar-refractivity contribution < 1.29 is 0 Å². The molecule has 0 unspecified atom stereocenters. The summed E-state index contributed by atoms with van der Waals surface area (Å²) in [6, 6.07) is 12.8. The standard InChI is InChI=1S/C18H18N2/c1-12-4-8-15(9-5-12)18(16-10-6-13(2)19-16)17-11-7-14(3)20-17/h4-11,19H,1-3H3/b18-17+. The SMILES string of the molecule is CC1=N/C(=C(\c2ccc(C)cc2)c2ccc(C)[nH]2)C=C1. The highest BCUT2D eigenvalue weighted by Crippen LogP contribution is 2.29. The molecule has 0 aliphatic carbocycles. The second-order valence-electron chi connectivity index (χ2n) is 5.27. The molecule has 1 aliphatic rings. The molecule has 0 bridgehead atoms. The van der Waals surface area contributed by atoms with Gasteiger partial charge in [0.15, 0.2) is 0 Å². The van der Waals surface area contributed by atoms with Crippen LogP contribution in [0.1, 0.15) is 29.4 Å². The molecule has 0 spiro atoms. The summed E-state index contributed by atoms with van der Waals surface area (Å²) in [5.41, 5.74) is 7.96.